The number of carbonyl (C=O) groups excluding carboxylic acids is 1. The highest BCUT2D eigenvalue weighted by Gasteiger charge is 2.37. The third-order valence-corrected chi connectivity index (χ3v) is 5.85. The standard InChI is InChI=1S/C21H23FN6O/c22-17-3-1-15(2-4-17)13-27(18-5-6-18)21(29)16-9-11-26(12-10-16)20-8-7-19-24-23-14-28(19)25-20/h1-4,7-8,14,16,18H,5-6,9-13H2. The van der Waals surface area contributed by atoms with E-state index in [0.717, 1.165) is 55.8 Å². The van der Waals surface area contributed by atoms with Gasteiger partial charge in [0.25, 0.3) is 0 Å². The number of aromatic nitrogens is 4. The Balaban J connectivity index is 1.24. The molecule has 0 unspecified atom stereocenters. The second-order valence-corrected chi connectivity index (χ2v) is 7.91. The van der Waals surface area contributed by atoms with Gasteiger partial charge >= 0.3 is 0 Å². The van der Waals surface area contributed by atoms with Crippen molar-refractivity contribution in [2.75, 3.05) is 18.0 Å². The van der Waals surface area contributed by atoms with Crippen molar-refractivity contribution in [3.8, 4) is 0 Å². The second-order valence-electron chi connectivity index (χ2n) is 7.91. The number of piperidine rings is 1. The molecule has 1 aliphatic carbocycles. The van der Waals surface area contributed by atoms with E-state index in [1.807, 2.05) is 17.0 Å². The Morgan fingerprint density at radius 3 is 2.55 bits per heavy atom. The van der Waals surface area contributed by atoms with Gasteiger partial charge in [-0.15, -0.1) is 15.3 Å². The van der Waals surface area contributed by atoms with Crippen LogP contribution in [0.4, 0.5) is 10.2 Å². The minimum atomic E-state index is -0.247. The zero-order valence-corrected chi connectivity index (χ0v) is 16.1. The van der Waals surface area contributed by atoms with Crippen LogP contribution in [0.15, 0.2) is 42.7 Å². The molecule has 0 spiro atoms. The molecule has 8 heteroatoms. The molecule has 29 heavy (non-hydrogen) atoms. The fraction of sp³-hybridized carbons (Fsp3) is 0.429. The molecular formula is C21H23FN6O. The number of hydrogen-bond acceptors (Lipinski definition) is 5. The Hall–Kier alpha value is -3.03. The highest BCUT2D eigenvalue weighted by atomic mass is 19.1. The molecule has 1 aliphatic heterocycles. The summed E-state index contributed by atoms with van der Waals surface area (Å²) in [4.78, 5) is 17.5. The van der Waals surface area contributed by atoms with Gasteiger partial charge in [0.1, 0.15) is 18.0 Å². The Kier molecular flexibility index (Phi) is 4.61. The van der Waals surface area contributed by atoms with Gasteiger partial charge in [-0.25, -0.2) is 4.39 Å². The monoisotopic (exact) mass is 394 g/mol. The molecule has 2 aromatic heterocycles. The predicted octanol–water partition coefficient (Wildman–Crippen LogP) is 2.67. The summed E-state index contributed by atoms with van der Waals surface area (Å²) in [5.74, 6) is 0.905. The molecule has 3 heterocycles. The SMILES string of the molecule is O=C(C1CCN(c2ccc3nncn3n2)CC1)N(Cc1ccc(F)cc1)C1CC1. The van der Waals surface area contributed by atoms with E-state index >= 15 is 0 Å². The number of hydrogen-bond donors (Lipinski definition) is 0. The molecule has 0 N–H and O–H groups in total. The van der Waals surface area contributed by atoms with Crippen LogP contribution in [0.25, 0.3) is 5.65 Å². The molecule has 1 aromatic carbocycles. The van der Waals surface area contributed by atoms with Crippen LogP contribution in [0.5, 0.6) is 0 Å². The highest BCUT2D eigenvalue weighted by Crippen LogP contribution is 2.32. The average Bonchev–Trinajstić information content (AvgIpc) is 3.49. The number of benzene rings is 1. The number of halogens is 1. The number of anilines is 1. The van der Waals surface area contributed by atoms with Crippen LogP contribution in [0.2, 0.25) is 0 Å². The number of rotatable bonds is 5. The van der Waals surface area contributed by atoms with E-state index in [1.165, 1.54) is 12.1 Å². The van der Waals surface area contributed by atoms with E-state index in [-0.39, 0.29) is 17.6 Å². The topological polar surface area (TPSA) is 66.6 Å². The molecule has 150 valence electrons. The number of amides is 1. The number of fused-ring (bicyclic) bond motifs is 1. The summed E-state index contributed by atoms with van der Waals surface area (Å²) in [6, 6.07) is 10.7. The molecule has 0 radical (unpaired) electrons. The van der Waals surface area contributed by atoms with Crippen molar-refractivity contribution in [2.45, 2.75) is 38.3 Å². The lowest BCUT2D eigenvalue weighted by Crippen LogP contribution is -2.43. The largest absolute Gasteiger partial charge is 0.355 e. The first-order chi connectivity index (χ1) is 14.2. The number of nitrogens with zero attached hydrogens (tertiary/aromatic N) is 6. The van der Waals surface area contributed by atoms with Gasteiger partial charge in [0.15, 0.2) is 5.65 Å². The molecule has 0 bridgehead atoms. The normalized spacial score (nSPS) is 17.6. The third-order valence-electron chi connectivity index (χ3n) is 5.85. The lowest BCUT2D eigenvalue weighted by atomic mass is 9.95. The minimum Gasteiger partial charge on any atom is -0.355 e. The molecule has 1 amide bonds. The van der Waals surface area contributed by atoms with E-state index in [0.29, 0.717) is 12.6 Å². The minimum absolute atomic E-state index is 0.0333. The summed E-state index contributed by atoms with van der Waals surface area (Å²) < 4.78 is 14.9. The molecule has 1 saturated heterocycles. The van der Waals surface area contributed by atoms with E-state index in [1.54, 1.807) is 23.0 Å². The van der Waals surface area contributed by atoms with Crippen LogP contribution in [0, 0.1) is 11.7 Å². The van der Waals surface area contributed by atoms with Gasteiger partial charge in [0.05, 0.1) is 0 Å². The first-order valence-corrected chi connectivity index (χ1v) is 10.1. The first-order valence-electron chi connectivity index (χ1n) is 10.1. The summed E-state index contributed by atoms with van der Waals surface area (Å²) in [7, 11) is 0. The van der Waals surface area contributed by atoms with Gasteiger partial charge in [-0.05, 0) is 55.5 Å². The van der Waals surface area contributed by atoms with E-state index in [9.17, 15) is 9.18 Å². The molecule has 5 rings (SSSR count). The van der Waals surface area contributed by atoms with Crippen molar-refractivity contribution in [2.24, 2.45) is 5.92 Å². The Bertz CT molecular complexity index is 1010. The van der Waals surface area contributed by atoms with Crippen LogP contribution >= 0.6 is 0 Å². The Morgan fingerprint density at radius 2 is 1.83 bits per heavy atom. The van der Waals surface area contributed by atoms with Crippen LogP contribution in [0.1, 0.15) is 31.2 Å². The summed E-state index contributed by atoms with van der Waals surface area (Å²) in [6.07, 6.45) is 5.35. The van der Waals surface area contributed by atoms with Crippen molar-refractivity contribution in [1.82, 2.24) is 24.7 Å². The number of carbonyl (C=O) groups is 1. The molecule has 7 nitrogen and oxygen atoms in total. The van der Waals surface area contributed by atoms with Crippen molar-refractivity contribution in [3.05, 3.63) is 54.1 Å². The lowest BCUT2D eigenvalue weighted by Gasteiger charge is -2.35. The fourth-order valence-electron chi connectivity index (χ4n) is 4.04. The Morgan fingerprint density at radius 1 is 1.07 bits per heavy atom. The molecule has 0 atom stereocenters. The summed E-state index contributed by atoms with van der Waals surface area (Å²) >= 11 is 0. The van der Waals surface area contributed by atoms with Gasteiger partial charge in [-0.1, -0.05) is 12.1 Å². The average molecular weight is 394 g/mol. The van der Waals surface area contributed by atoms with Crippen LogP contribution < -0.4 is 4.90 Å². The van der Waals surface area contributed by atoms with E-state index < -0.39 is 0 Å². The smallest absolute Gasteiger partial charge is 0.226 e. The third kappa shape index (κ3) is 3.79. The lowest BCUT2D eigenvalue weighted by molar-refractivity contribution is -0.137. The van der Waals surface area contributed by atoms with Crippen LogP contribution in [-0.2, 0) is 11.3 Å². The summed E-state index contributed by atoms with van der Waals surface area (Å²) in [5, 5.41) is 12.4. The van der Waals surface area contributed by atoms with E-state index in [2.05, 4.69) is 20.2 Å². The highest BCUT2D eigenvalue weighted by molar-refractivity contribution is 5.80. The molecule has 2 fully saturated rings. The van der Waals surface area contributed by atoms with Gasteiger partial charge in [-0.2, -0.15) is 4.52 Å². The van der Waals surface area contributed by atoms with Gasteiger partial charge in [0, 0.05) is 31.6 Å². The second kappa shape index (κ2) is 7.42. The van der Waals surface area contributed by atoms with Crippen molar-refractivity contribution < 1.29 is 9.18 Å². The van der Waals surface area contributed by atoms with Crippen LogP contribution in [-0.4, -0.2) is 49.7 Å². The maximum absolute atomic E-state index is 13.2. The summed E-state index contributed by atoms with van der Waals surface area (Å²) in [6.45, 7) is 2.16. The fourth-order valence-corrected chi connectivity index (χ4v) is 4.04. The zero-order valence-electron chi connectivity index (χ0n) is 16.1. The maximum atomic E-state index is 13.2. The predicted molar refractivity (Wildman–Crippen MR) is 106 cm³/mol. The van der Waals surface area contributed by atoms with Gasteiger partial charge in [0.2, 0.25) is 5.91 Å². The quantitative estimate of drug-likeness (QED) is 0.666. The maximum Gasteiger partial charge on any atom is 0.226 e. The van der Waals surface area contributed by atoms with Crippen molar-refractivity contribution >= 4 is 17.4 Å². The van der Waals surface area contributed by atoms with Crippen molar-refractivity contribution in [3.63, 3.8) is 0 Å². The van der Waals surface area contributed by atoms with Gasteiger partial charge in [-0.3, -0.25) is 4.79 Å². The molecular weight excluding hydrogens is 371 g/mol. The molecule has 1 saturated carbocycles. The first kappa shape index (κ1) is 18.0. The zero-order chi connectivity index (χ0) is 19.8. The van der Waals surface area contributed by atoms with E-state index in [4.69, 9.17) is 0 Å². The van der Waals surface area contributed by atoms with Crippen molar-refractivity contribution in [1.29, 1.82) is 0 Å². The molecule has 3 aromatic rings. The van der Waals surface area contributed by atoms with Gasteiger partial charge < -0.3 is 9.80 Å². The van der Waals surface area contributed by atoms with Crippen LogP contribution in [0.3, 0.4) is 0 Å². The molecule has 2 aliphatic rings. The Labute approximate surface area is 168 Å². The summed E-state index contributed by atoms with van der Waals surface area (Å²) in [5.41, 5.74) is 1.70.